The molecule has 0 aliphatic rings. The third-order valence-corrected chi connectivity index (χ3v) is 5.69. The van der Waals surface area contributed by atoms with E-state index in [1.54, 1.807) is 12.3 Å². The number of hydrogen-bond donors (Lipinski definition) is 2. The van der Waals surface area contributed by atoms with Gasteiger partial charge in [0.2, 0.25) is 0 Å². The molecule has 20 heavy (non-hydrogen) atoms. The first-order chi connectivity index (χ1) is 9.35. The van der Waals surface area contributed by atoms with Crippen molar-refractivity contribution in [2.24, 2.45) is 0 Å². The Morgan fingerprint density at radius 3 is 2.75 bits per heavy atom. The van der Waals surface area contributed by atoms with Crippen molar-refractivity contribution < 1.29 is 17.9 Å². The van der Waals surface area contributed by atoms with Gasteiger partial charge in [0.1, 0.15) is 10.7 Å². The molecule has 0 bridgehead atoms. The van der Waals surface area contributed by atoms with E-state index in [1.165, 1.54) is 12.1 Å². The Labute approximate surface area is 124 Å². The van der Waals surface area contributed by atoms with Crippen LogP contribution in [-0.2, 0) is 16.6 Å². The fourth-order valence-electron chi connectivity index (χ4n) is 1.72. The quantitative estimate of drug-likeness (QED) is 0.902. The van der Waals surface area contributed by atoms with Crippen molar-refractivity contribution in [1.82, 2.24) is 0 Å². The molecule has 0 aliphatic heterocycles. The lowest BCUT2D eigenvalue weighted by Gasteiger charge is -2.10. The van der Waals surface area contributed by atoms with E-state index in [9.17, 15) is 17.9 Å². The molecule has 1 aromatic carbocycles. The third-order valence-electron chi connectivity index (χ3n) is 2.57. The number of hydrogen-bond acceptors (Lipinski definition) is 4. The fourth-order valence-corrected chi connectivity index (χ4v) is 4.62. The Hall–Kier alpha value is -1.15. The van der Waals surface area contributed by atoms with Crippen LogP contribution in [0.5, 0.6) is 0 Å². The van der Waals surface area contributed by atoms with Crippen LogP contribution in [0.4, 0.5) is 10.1 Å². The van der Waals surface area contributed by atoms with E-state index in [1.807, 2.05) is 0 Å². The van der Waals surface area contributed by atoms with Gasteiger partial charge in [-0.05, 0) is 36.1 Å². The summed E-state index contributed by atoms with van der Waals surface area (Å²) in [5.74, 6) is -0.627. The summed E-state index contributed by atoms with van der Waals surface area (Å²) < 4.78 is 40.0. The SMILES string of the molecule is Cc1csc(CO)c1S(=O)(=O)Nc1ccc(F)c(Cl)c1. The van der Waals surface area contributed by atoms with Crippen molar-refractivity contribution in [3.63, 3.8) is 0 Å². The van der Waals surface area contributed by atoms with Gasteiger partial charge in [0.05, 0.1) is 22.2 Å². The van der Waals surface area contributed by atoms with E-state index >= 15 is 0 Å². The van der Waals surface area contributed by atoms with Gasteiger partial charge >= 0.3 is 0 Å². The minimum atomic E-state index is -3.85. The summed E-state index contributed by atoms with van der Waals surface area (Å²) in [6.45, 7) is 1.28. The van der Waals surface area contributed by atoms with Crippen LogP contribution in [-0.4, -0.2) is 13.5 Å². The Morgan fingerprint density at radius 1 is 1.45 bits per heavy atom. The molecule has 0 unspecified atom stereocenters. The topological polar surface area (TPSA) is 66.4 Å². The second kappa shape index (κ2) is 5.69. The van der Waals surface area contributed by atoms with Crippen LogP contribution in [0.25, 0.3) is 0 Å². The predicted molar refractivity (Wildman–Crippen MR) is 77.2 cm³/mol. The standard InChI is InChI=1S/C12H11ClFNO3S2/c1-7-6-19-11(5-16)12(7)20(17,18)15-8-2-3-10(14)9(13)4-8/h2-4,6,15-16H,5H2,1H3. The summed E-state index contributed by atoms with van der Waals surface area (Å²) in [6.07, 6.45) is 0. The highest BCUT2D eigenvalue weighted by Crippen LogP contribution is 2.29. The summed E-state index contributed by atoms with van der Waals surface area (Å²) in [7, 11) is -3.85. The third kappa shape index (κ3) is 2.95. The van der Waals surface area contributed by atoms with Crippen LogP contribution in [0.3, 0.4) is 0 Å². The molecule has 2 rings (SSSR count). The van der Waals surface area contributed by atoms with Crippen molar-refractivity contribution in [1.29, 1.82) is 0 Å². The lowest BCUT2D eigenvalue weighted by molar-refractivity contribution is 0.282. The van der Waals surface area contributed by atoms with Gasteiger partial charge in [0.15, 0.2) is 0 Å². The molecular formula is C12H11ClFNO3S2. The average molecular weight is 336 g/mol. The Kier molecular flexibility index (Phi) is 4.33. The maximum atomic E-state index is 13.0. The summed E-state index contributed by atoms with van der Waals surface area (Å²) in [6, 6.07) is 3.54. The van der Waals surface area contributed by atoms with Gasteiger partial charge in [-0.1, -0.05) is 11.6 Å². The van der Waals surface area contributed by atoms with Crippen LogP contribution < -0.4 is 4.72 Å². The molecule has 0 amide bonds. The maximum Gasteiger partial charge on any atom is 0.263 e. The monoisotopic (exact) mass is 335 g/mol. The van der Waals surface area contributed by atoms with E-state index in [2.05, 4.69) is 4.72 Å². The van der Waals surface area contributed by atoms with Gasteiger partial charge in [-0.25, -0.2) is 12.8 Å². The van der Waals surface area contributed by atoms with Crippen molar-refractivity contribution in [3.05, 3.63) is 44.9 Å². The highest BCUT2D eigenvalue weighted by Gasteiger charge is 2.23. The number of sulfonamides is 1. The molecule has 0 spiro atoms. The first-order valence-electron chi connectivity index (χ1n) is 5.51. The molecule has 0 radical (unpaired) electrons. The molecule has 4 nitrogen and oxygen atoms in total. The highest BCUT2D eigenvalue weighted by atomic mass is 35.5. The summed E-state index contributed by atoms with van der Waals surface area (Å²) in [4.78, 5) is 0.397. The number of benzene rings is 1. The van der Waals surface area contributed by atoms with Gasteiger partial charge in [-0.15, -0.1) is 11.3 Å². The second-order valence-corrected chi connectivity index (χ2v) is 7.05. The predicted octanol–water partition coefficient (Wildman–Crippen LogP) is 3.14. The van der Waals surface area contributed by atoms with Crippen LogP contribution in [0.2, 0.25) is 5.02 Å². The average Bonchev–Trinajstić information content (AvgIpc) is 2.75. The molecule has 0 aliphatic carbocycles. The molecular weight excluding hydrogens is 325 g/mol. The van der Waals surface area contributed by atoms with Crippen LogP contribution in [0.1, 0.15) is 10.4 Å². The Bertz CT molecular complexity index is 743. The first-order valence-corrected chi connectivity index (χ1v) is 8.25. The first kappa shape index (κ1) is 15.2. The fraction of sp³-hybridized carbons (Fsp3) is 0.167. The van der Waals surface area contributed by atoms with Gasteiger partial charge in [0, 0.05) is 0 Å². The normalized spacial score (nSPS) is 11.6. The number of aliphatic hydroxyl groups is 1. The molecule has 8 heteroatoms. The lowest BCUT2D eigenvalue weighted by atomic mass is 10.3. The van der Waals surface area contributed by atoms with Gasteiger partial charge in [-0.3, -0.25) is 4.72 Å². The number of anilines is 1. The molecule has 0 saturated heterocycles. The number of nitrogens with one attached hydrogen (secondary N) is 1. The van der Waals surface area contributed by atoms with Crippen molar-refractivity contribution in [2.45, 2.75) is 18.4 Å². The van der Waals surface area contributed by atoms with Crippen LogP contribution in [0.15, 0.2) is 28.5 Å². The molecule has 0 fully saturated rings. The van der Waals surface area contributed by atoms with E-state index in [0.717, 1.165) is 17.4 Å². The van der Waals surface area contributed by atoms with Crippen molar-refractivity contribution in [2.75, 3.05) is 4.72 Å². The summed E-state index contributed by atoms with van der Waals surface area (Å²) in [5.41, 5.74) is 0.700. The zero-order valence-corrected chi connectivity index (χ0v) is 12.7. The molecule has 108 valence electrons. The van der Waals surface area contributed by atoms with Crippen molar-refractivity contribution in [3.8, 4) is 0 Å². The zero-order valence-electron chi connectivity index (χ0n) is 10.4. The van der Waals surface area contributed by atoms with E-state index in [0.29, 0.717) is 10.4 Å². The van der Waals surface area contributed by atoms with Gasteiger partial charge < -0.3 is 5.11 Å². The molecule has 2 N–H and O–H groups in total. The Balaban J connectivity index is 2.40. The number of thiophene rings is 1. The van der Waals surface area contributed by atoms with E-state index < -0.39 is 15.8 Å². The number of aliphatic hydroxyl groups excluding tert-OH is 1. The number of halogens is 2. The van der Waals surface area contributed by atoms with E-state index in [4.69, 9.17) is 11.6 Å². The van der Waals surface area contributed by atoms with E-state index in [-0.39, 0.29) is 22.2 Å². The summed E-state index contributed by atoms with van der Waals surface area (Å²) >= 11 is 6.77. The highest BCUT2D eigenvalue weighted by molar-refractivity contribution is 7.93. The molecule has 0 saturated carbocycles. The zero-order chi connectivity index (χ0) is 14.9. The minimum Gasteiger partial charge on any atom is -0.391 e. The van der Waals surface area contributed by atoms with Crippen LogP contribution in [0, 0.1) is 12.7 Å². The minimum absolute atomic E-state index is 0.0467. The molecule has 1 aromatic heterocycles. The number of rotatable bonds is 4. The van der Waals surface area contributed by atoms with Crippen LogP contribution >= 0.6 is 22.9 Å². The summed E-state index contributed by atoms with van der Waals surface area (Å²) in [5, 5.41) is 10.7. The molecule has 1 heterocycles. The molecule has 0 atom stereocenters. The molecule has 2 aromatic rings. The number of aryl methyl sites for hydroxylation is 1. The van der Waals surface area contributed by atoms with Gasteiger partial charge in [0.25, 0.3) is 10.0 Å². The van der Waals surface area contributed by atoms with Gasteiger partial charge in [-0.2, -0.15) is 0 Å². The largest absolute Gasteiger partial charge is 0.391 e. The smallest absolute Gasteiger partial charge is 0.263 e. The van der Waals surface area contributed by atoms with Crippen molar-refractivity contribution >= 4 is 38.6 Å². The second-order valence-electron chi connectivity index (χ2n) is 4.06. The maximum absolute atomic E-state index is 13.0. The Morgan fingerprint density at radius 2 is 2.15 bits per heavy atom. The lowest BCUT2D eigenvalue weighted by Crippen LogP contribution is -2.15.